The second kappa shape index (κ2) is 7.78. The van der Waals surface area contributed by atoms with Gasteiger partial charge in [0.15, 0.2) is 0 Å². The van der Waals surface area contributed by atoms with E-state index in [4.69, 9.17) is 9.84 Å². The number of carboxylic acid groups (broad SMARTS) is 1. The van der Waals surface area contributed by atoms with Gasteiger partial charge in [0.25, 0.3) is 0 Å². The van der Waals surface area contributed by atoms with Crippen molar-refractivity contribution in [1.82, 2.24) is 9.80 Å². The highest BCUT2D eigenvalue weighted by Crippen LogP contribution is 2.18. The number of ether oxygens (including phenoxy) is 1. The first-order valence-electron chi connectivity index (χ1n) is 6.44. The Hall–Kier alpha value is -1.56. The van der Waals surface area contributed by atoms with Crippen LogP contribution >= 0.6 is 0 Å². The molecule has 2 amide bonds. The molecule has 0 unspecified atom stereocenters. The number of carboxylic acids is 1. The van der Waals surface area contributed by atoms with Crippen molar-refractivity contribution in [1.29, 1.82) is 0 Å². The third-order valence-corrected chi connectivity index (χ3v) is 3.23. The zero-order valence-electron chi connectivity index (χ0n) is 11.4. The summed E-state index contributed by atoms with van der Waals surface area (Å²) in [5, 5.41) is 8.81. The van der Waals surface area contributed by atoms with E-state index in [0.717, 1.165) is 12.8 Å². The summed E-state index contributed by atoms with van der Waals surface area (Å²) in [6.45, 7) is 5.54. The van der Waals surface area contributed by atoms with E-state index >= 15 is 0 Å². The molecule has 1 aliphatic rings. The standard InChI is InChI=1S/C13H22N2O4/c1-3-6-15(9-12(16)17)13(18)14-7-4-11(5-8-14)10-19-2/h3,11H,1,4-10H2,2H3,(H,16,17). The van der Waals surface area contributed by atoms with Gasteiger partial charge in [0.05, 0.1) is 0 Å². The lowest BCUT2D eigenvalue weighted by molar-refractivity contribution is -0.137. The molecule has 0 radical (unpaired) electrons. The number of hydrogen-bond acceptors (Lipinski definition) is 3. The maximum absolute atomic E-state index is 12.2. The topological polar surface area (TPSA) is 70.1 Å². The van der Waals surface area contributed by atoms with Crippen LogP contribution < -0.4 is 0 Å². The highest BCUT2D eigenvalue weighted by atomic mass is 16.5. The Bertz CT molecular complexity index is 325. The Balaban J connectivity index is 2.51. The largest absolute Gasteiger partial charge is 0.480 e. The number of aliphatic carboxylic acids is 1. The first-order valence-corrected chi connectivity index (χ1v) is 6.44. The predicted octanol–water partition coefficient (Wildman–Crippen LogP) is 1.04. The molecular weight excluding hydrogens is 248 g/mol. The van der Waals surface area contributed by atoms with E-state index in [1.54, 1.807) is 18.1 Å². The van der Waals surface area contributed by atoms with Crippen LogP contribution in [0.3, 0.4) is 0 Å². The molecule has 1 saturated heterocycles. The highest BCUT2D eigenvalue weighted by Gasteiger charge is 2.26. The first kappa shape index (κ1) is 15.5. The Kier molecular flexibility index (Phi) is 6.35. The lowest BCUT2D eigenvalue weighted by Crippen LogP contribution is -2.48. The fraction of sp³-hybridized carbons (Fsp3) is 0.692. The summed E-state index contributed by atoms with van der Waals surface area (Å²) in [4.78, 5) is 25.9. The molecule has 0 saturated carbocycles. The maximum Gasteiger partial charge on any atom is 0.323 e. The second-order valence-electron chi connectivity index (χ2n) is 4.73. The number of urea groups is 1. The zero-order valence-corrected chi connectivity index (χ0v) is 11.4. The van der Waals surface area contributed by atoms with Crippen molar-refractivity contribution in [3.05, 3.63) is 12.7 Å². The molecule has 19 heavy (non-hydrogen) atoms. The Morgan fingerprint density at radius 2 is 2.11 bits per heavy atom. The van der Waals surface area contributed by atoms with Gasteiger partial charge in [-0.2, -0.15) is 0 Å². The van der Waals surface area contributed by atoms with E-state index in [1.165, 1.54) is 4.90 Å². The van der Waals surface area contributed by atoms with Crippen molar-refractivity contribution in [2.45, 2.75) is 12.8 Å². The summed E-state index contributed by atoms with van der Waals surface area (Å²) in [6, 6.07) is -0.224. The van der Waals surface area contributed by atoms with Gasteiger partial charge in [-0.3, -0.25) is 4.79 Å². The molecule has 0 spiro atoms. The molecule has 0 atom stereocenters. The molecule has 0 aliphatic carbocycles. The van der Waals surface area contributed by atoms with Crippen LogP contribution in [0.15, 0.2) is 12.7 Å². The van der Waals surface area contributed by atoms with Gasteiger partial charge in [0.2, 0.25) is 0 Å². The van der Waals surface area contributed by atoms with E-state index in [2.05, 4.69) is 6.58 Å². The monoisotopic (exact) mass is 270 g/mol. The fourth-order valence-corrected chi connectivity index (χ4v) is 2.26. The average Bonchev–Trinajstić information content (AvgIpc) is 2.38. The molecular formula is C13H22N2O4. The van der Waals surface area contributed by atoms with Gasteiger partial charge in [0, 0.05) is 33.4 Å². The van der Waals surface area contributed by atoms with Crippen molar-refractivity contribution in [3.8, 4) is 0 Å². The number of carbonyl (C=O) groups excluding carboxylic acids is 1. The van der Waals surface area contributed by atoms with Crippen molar-refractivity contribution in [2.24, 2.45) is 5.92 Å². The molecule has 0 aromatic carbocycles. The van der Waals surface area contributed by atoms with E-state index in [1.807, 2.05) is 0 Å². The Morgan fingerprint density at radius 1 is 1.47 bits per heavy atom. The van der Waals surface area contributed by atoms with Gasteiger partial charge in [-0.05, 0) is 18.8 Å². The van der Waals surface area contributed by atoms with Crippen molar-refractivity contribution >= 4 is 12.0 Å². The third-order valence-electron chi connectivity index (χ3n) is 3.23. The molecule has 0 aromatic heterocycles. The molecule has 1 rings (SSSR count). The van der Waals surface area contributed by atoms with E-state index < -0.39 is 5.97 Å². The summed E-state index contributed by atoms with van der Waals surface area (Å²) in [6.07, 6.45) is 3.33. The van der Waals surface area contributed by atoms with Crippen molar-refractivity contribution in [2.75, 3.05) is 39.9 Å². The van der Waals surface area contributed by atoms with E-state index in [-0.39, 0.29) is 19.1 Å². The third kappa shape index (κ3) is 4.90. The smallest absolute Gasteiger partial charge is 0.323 e. The van der Waals surface area contributed by atoms with Gasteiger partial charge in [-0.1, -0.05) is 6.08 Å². The van der Waals surface area contributed by atoms with Crippen LogP contribution in [0.4, 0.5) is 4.79 Å². The number of likely N-dealkylation sites (tertiary alicyclic amines) is 1. The average molecular weight is 270 g/mol. The normalized spacial score (nSPS) is 16.2. The van der Waals surface area contributed by atoms with Crippen molar-refractivity contribution < 1.29 is 19.4 Å². The lowest BCUT2D eigenvalue weighted by atomic mass is 9.98. The molecule has 0 bridgehead atoms. The van der Waals surface area contributed by atoms with Crippen LogP contribution in [0, 0.1) is 5.92 Å². The summed E-state index contributed by atoms with van der Waals surface area (Å²) < 4.78 is 5.11. The van der Waals surface area contributed by atoms with Gasteiger partial charge in [-0.25, -0.2) is 4.79 Å². The van der Waals surface area contributed by atoms with Crippen LogP contribution in [0.25, 0.3) is 0 Å². The summed E-state index contributed by atoms with van der Waals surface area (Å²) in [5.74, 6) is -0.522. The van der Waals surface area contributed by atoms with Crippen LogP contribution in [-0.2, 0) is 9.53 Å². The molecule has 1 heterocycles. The predicted molar refractivity (Wildman–Crippen MR) is 71.0 cm³/mol. The van der Waals surface area contributed by atoms with Gasteiger partial charge < -0.3 is 19.6 Å². The SMILES string of the molecule is C=CCN(CC(=O)O)C(=O)N1CCC(COC)CC1. The van der Waals surface area contributed by atoms with Crippen LogP contribution in [0.1, 0.15) is 12.8 Å². The first-order chi connectivity index (χ1) is 9.08. The molecule has 6 heteroatoms. The Morgan fingerprint density at radius 3 is 2.58 bits per heavy atom. The molecule has 1 N–H and O–H groups in total. The van der Waals surface area contributed by atoms with E-state index in [0.29, 0.717) is 25.6 Å². The van der Waals surface area contributed by atoms with Crippen LogP contribution in [0.5, 0.6) is 0 Å². The zero-order chi connectivity index (χ0) is 14.3. The lowest BCUT2D eigenvalue weighted by Gasteiger charge is -2.34. The van der Waals surface area contributed by atoms with Gasteiger partial charge >= 0.3 is 12.0 Å². The number of hydrogen-bond donors (Lipinski definition) is 1. The van der Waals surface area contributed by atoms with E-state index in [9.17, 15) is 9.59 Å². The van der Waals surface area contributed by atoms with Crippen LogP contribution in [-0.4, -0.2) is 66.8 Å². The number of methoxy groups -OCH3 is 1. The molecule has 1 aliphatic heterocycles. The highest BCUT2D eigenvalue weighted by molar-refractivity contribution is 5.80. The molecule has 108 valence electrons. The number of nitrogens with zero attached hydrogens (tertiary/aromatic N) is 2. The van der Waals surface area contributed by atoms with Crippen molar-refractivity contribution in [3.63, 3.8) is 0 Å². The van der Waals surface area contributed by atoms with Gasteiger partial charge in [0.1, 0.15) is 6.54 Å². The molecule has 6 nitrogen and oxygen atoms in total. The number of carbonyl (C=O) groups is 2. The van der Waals surface area contributed by atoms with Gasteiger partial charge in [-0.15, -0.1) is 6.58 Å². The Labute approximate surface area is 113 Å². The number of rotatable bonds is 6. The summed E-state index contributed by atoms with van der Waals surface area (Å²) in [7, 11) is 1.68. The van der Waals surface area contributed by atoms with Crippen LogP contribution in [0.2, 0.25) is 0 Å². The molecule has 1 fully saturated rings. The number of amides is 2. The summed E-state index contributed by atoms with van der Waals surface area (Å²) in [5.41, 5.74) is 0. The number of piperidine rings is 1. The minimum atomic E-state index is -1.01. The quantitative estimate of drug-likeness (QED) is 0.732. The minimum absolute atomic E-state index is 0.224. The molecule has 0 aromatic rings. The fourth-order valence-electron chi connectivity index (χ4n) is 2.26. The summed E-state index contributed by atoms with van der Waals surface area (Å²) >= 11 is 0. The minimum Gasteiger partial charge on any atom is -0.480 e. The second-order valence-corrected chi connectivity index (χ2v) is 4.73. The maximum atomic E-state index is 12.2.